The van der Waals surface area contributed by atoms with Crippen molar-refractivity contribution in [3.63, 3.8) is 0 Å². The SMILES string of the molecule is Cc1ccc(S(=O)(=O)c2cccc(C(=O)c3cccc(S(=O)(=O)c4ccc(C)cc4)c3Cl)c2Cl)cc1. The fourth-order valence-corrected chi connectivity index (χ4v) is 7.36. The number of ketones is 1. The third kappa shape index (κ3) is 4.72. The molecule has 0 aromatic heterocycles. The van der Waals surface area contributed by atoms with E-state index >= 15 is 0 Å². The van der Waals surface area contributed by atoms with Gasteiger partial charge in [0.05, 0.1) is 29.6 Å². The van der Waals surface area contributed by atoms with E-state index in [9.17, 15) is 21.6 Å². The van der Waals surface area contributed by atoms with Crippen LogP contribution in [-0.2, 0) is 19.7 Å². The zero-order valence-electron chi connectivity index (χ0n) is 19.2. The monoisotopic (exact) mass is 558 g/mol. The van der Waals surface area contributed by atoms with Crippen molar-refractivity contribution in [2.75, 3.05) is 0 Å². The van der Waals surface area contributed by atoms with E-state index in [0.717, 1.165) is 11.1 Å². The quantitative estimate of drug-likeness (QED) is 0.252. The first kappa shape index (κ1) is 26.1. The van der Waals surface area contributed by atoms with Gasteiger partial charge in [-0.2, -0.15) is 0 Å². The van der Waals surface area contributed by atoms with E-state index in [1.54, 1.807) is 24.3 Å². The third-order valence-electron chi connectivity index (χ3n) is 5.66. The molecule has 0 aliphatic carbocycles. The van der Waals surface area contributed by atoms with E-state index in [-0.39, 0.29) is 40.8 Å². The van der Waals surface area contributed by atoms with Gasteiger partial charge in [0.1, 0.15) is 0 Å². The maximum absolute atomic E-state index is 13.5. The molecular formula is C27H20Cl2O5S2. The van der Waals surface area contributed by atoms with Gasteiger partial charge in [-0.1, -0.05) is 70.7 Å². The van der Waals surface area contributed by atoms with Crippen LogP contribution in [0.5, 0.6) is 0 Å². The second-order valence-corrected chi connectivity index (χ2v) is 12.8. The number of carbonyl (C=O) groups excluding carboxylic acids is 1. The molecule has 36 heavy (non-hydrogen) atoms. The lowest BCUT2D eigenvalue weighted by atomic mass is 10.0. The number of rotatable bonds is 6. The number of hydrogen-bond acceptors (Lipinski definition) is 5. The second kappa shape index (κ2) is 9.82. The van der Waals surface area contributed by atoms with E-state index in [1.807, 2.05) is 13.8 Å². The Labute approximate surface area is 220 Å². The molecule has 0 bridgehead atoms. The summed E-state index contributed by atoms with van der Waals surface area (Å²) < 4.78 is 52.8. The standard InChI is InChI=1S/C27H20Cl2O5S2/c1-17-9-13-19(14-10-17)35(31,32)23-7-3-5-21(25(23)28)27(30)22-6-4-8-24(26(22)29)36(33,34)20-15-11-18(2)12-16-20/h3-16H,1-2H3. The van der Waals surface area contributed by atoms with Crippen LogP contribution in [-0.4, -0.2) is 22.6 Å². The number of sulfone groups is 2. The molecule has 0 unspecified atom stereocenters. The first-order chi connectivity index (χ1) is 16.9. The van der Waals surface area contributed by atoms with Gasteiger partial charge in [-0.05, 0) is 62.4 Å². The molecule has 0 fully saturated rings. The molecule has 0 saturated carbocycles. The molecule has 4 aromatic rings. The molecule has 0 N–H and O–H groups in total. The molecule has 0 atom stereocenters. The van der Waals surface area contributed by atoms with E-state index in [2.05, 4.69) is 0 Å². The largest absolute Gasteiger partial charge is 0.288 e. The van der Waals surface area contributed by atoms with Crippen molar-refractivity contribution < 1.29 is 21.6 Å². The smallest absolute Gasteiger partial charge is 0.208 e. The van der Waals surface area contributed by atoms with Crippen LogP contribution in [0.25, 0.3) is 0 Å². The Hall–Kier alpha value is -2.97. The molecule has 0 aliphatic heterocycles. The van der Waals surface area contributed by atoms with Crippen LogP contribution in [0.4, 0.5) is 0 Å². The Kier molecular flexibility index (Phi) is 7.12. The van der Waals surface area contributed by atoms with Gasteiger partial charge in [-0.25, -0.2) is 16.8 Å². The van der Waals surface area contributed by atoms with Gasteiger partial charge in [-0.15, -0.1) is 0 Å². The minimum Gasteiger partial charge on any atom is -0.288 e. The molecule has 9 heteroatoms. The highest BCUT2D eigenvalue weighted by Crippen LogP contribution is 2.35. The molecule has 5 nitrogen and oxygen atoms in total. The summed E-state index contributed by atoms with van der Waals surface area (Å²) in [5.41, 5.74) is 1.55. The van der Waals surface area contributed by atoms with E-state index in [4.69, 9.17) is 23.2 Å². The lowest BCUT2D eigenvalue weighted by Gasteiger charge is -2.13. The number of halogens is 2. The summed E-state index contributed by atoms with van der Waals surface area (Å²) in [7, 11) is -8.04. The van der Waals surface area contributed by atoms with Crippen molar-refractivity contribution in [1.29, 1.82) is 0 Å². The highest BCUT2D eigenvalue weighted by atomic mass is 35.5. The Balaban J connectivity index is 1.80. The maximum atomic E-state index is 13.5. The van der Waals surface area contributed by atoms with Gasteiger partial charge in [0.25, 0.3) is 0 Å². The van der Waals surface area contributed by atoms with Gasteiger partial charge in [0.2, 0.25) is 19.7 Å². The Morgan fingerprint density at radius 3 is 1.22 bits per heavy atom. The second-order valence-electron chi connectivity index (χ2n) is 8.20. The number of benzene rings is 4. The minimum atomic E-state index is -4.02. The third-order valence-corrected chi connectivity index (χ3v) is 10.3. The Morgan fingerprint density at radius 2 is 0.889 bits per heavy atom. The maximum Gasteiger partial charge on any atom is 0.208 e. The normalized spacial score (nSPS) is 11.9. The zero-order chi connectivity index (χ0) is 26.3. The van der Waals surface area contributed by atoms with Crippen LogP contribution in [0.2, 0.25) is 10.0 Å². The molecule has 0 spiro atoms. The van der Waals surface area contributed by atoms with Gasteiger partial charge in [0.15, 0.2) is 5.78 Å². The van der Waals surface area contributed by atoms with Crippen LogP contribution in [0.15, 0.2) is 105 Å². The average molecular weight is 559 g/mol. The van der Waals surface area contributed by atoms with Crippen molar-refractivity contribution in [2.45, 2.75) is 33.4 Å². The Bertz CT molecular complexity index is 1570. The van der Waals surface area contributed by atoms with Gasteiger partial charge >= 0.3 is 0 Å². The van der Waals surface area contributed by atoms with Gasteiger partial charge < -0.3 is 0 Å². The van der Waals surface area contributed by atoms with Crippen molar-refractivity contribution in [3.05, 3.63) is 117 Å². The van der Waals surface area contributed by atoms with Crippen LogP contribution >= 0.6 is 23.2 Å². The molecule has 0 saturated heterocycles. The van der Waals surface area contributed by atoms with Gasteiger partial charge in [-0.3, -0.25) is 4.79 Å². The highest BCUT2D eigenvalue weighted by Gasteiger charge is 2.28. The summed E-state index contributed by atoms with van der Waals surface area (Å²) in [4.78, 5) is 13.0. The Morgan fingerprint density at radius 1 is 0.556 bits per heavy atom. The fourth-order valence-electron chi connectivity index (χ4n) is 3.62. The predicted molar refractivity (Wildman–Crippen MR) is 140 cm³/mol. The summed E-state index contributed by atoms with van der Waals surface area (Å²) >= 11 is 12.9. The first-order valence-corrected chi connectivity index (χ1v) is 14.4. The lowest BCUT2D eigenvalue weighted by Crippen LogP contribution is -2.10. The molecule has 0 amide bonds. The van der Waals surface area contributed by atoms with E-state index in [0.29, 0.717) is 0 Å². The van der Waals surface area contributed by atoms with E-state index < -0.39 is 25.5 Å². The number of aryl methyl sites for hydroxylation is 2. The molecule has 0 aliphatic rings. The highest BCUT2D eigenvalue weighted by molar-refractivity contribution is 7.92. The number of hydrogen-bond donors (Lipinski definition) is 0. The summed E-state index contributed by atoms with van der Waals surface area (Å²) in [5, 5.41) is -0.545. The minimum absolute atomic E-state index is 0.0313. The van der Waals surface area contributed by atoms with Gasteiger partial charge in [0, 0.05) is 11.1 Å². The van der Waals surface area contributed by atoms with Crippen molar-refractivity contribution in [1.82, 2.24) is 0 Å². The fraction of sp³-hybridized carbons (Fsp3) is 0.0741. The van der Waals surface area contributed by atoms with Crippen molar-refractivity contribution in [2.24, 2.45) is 0 Å². The topological polar surface area (TPSA) is 85.3 Å². The molecular weight excluding hydrogens is 539 g/mol. The summed E-state index contributed by atoms with van der Waals surface area (Å²) in [6.45, 7) is 3.67. The van der Waals surface area contributed by atoms with Crippen LogP contribution in [0, 0.1) is 13.8 Å². The van der Waals surface area contributed by atoms with Crippen LogP contribution in [0.3, 0.4) is 0 Å². The zero-order valence-corrected chi connectivity index (χ0v) is 22.3. The van der Waals surface area contributed by atoms with Crippen molar-refractivity contribution >= 4 is 48.7 Å². The molecule has 0 radical (unpaired) electrons. The summed E-state index contributed by atoms with van der Waals surface area (Å²) in [6, 6.07) is 20.7. The molecule has 184 valence electrons. The van der Waals surface area contributed by atoms with Crippen molar-refractivity contribution in [3.8, 4) is 0 Å². The van der Waals surface area contributed by atoms with E-state index in [1.165, 1.54) is 60.7 Å². The average Bonchev–Trinajstić information content (AvgIpc) is 2.84. The molecule has 4 rings (SSSR count). The summed E-state index contributed by atoms with van der Waals surface area (Å²) in [5.74, 6) is -0.702. The predicted octanol–water partition coefficient (Wildman–Crippen LogP) is 6.51. The first-order valence-electron chi connectivity index (χ1n) is 10.7. The van der Waals surface area contributed by atoms with Crippen LogP contribution in [0.1, 0.15) is 27.0 Å². The molecule has 0 heterocycles. The lowest BCUT2D eigenvalue weighted by molar-refractivity contribution is 0.103. The summed E-state index contributed by atoms with van der Waals surface area (Å²) in [6.07, 6.45) is 0. The molecule has 4 aromatic carbocycles. The van der Waals surface area contributed by atoms with Crippen LogP contribution < -0.4 is 0 Å². The number of carbonyl (C=O) groups is 1.